The highest BCUT2D eigenvalue weighted by Gasteiger charge is 2.13. The number of aromatic nitrogens is 2. The fraction of sp³-hybridized carbons (Fsp3) is 0.0909. The summed E-state index contributed by atoms with van der Waals surface area (Å²) in [6, 6.07) is 19.4. The molecule has 1 N–H and O–H groups in total. The molecule has 0 bridgehead atoms. The minimum atomic E-state index is -0.121. The smallest absolute Gasteiger partial charge is 0.255 e. The van der Waals surface area contributed by atoms with Gasteiger partial charge in [0.15, 0.2) is 0 Å². The number of hydrogen-bond acceptors (Lipinski definition) is 2. The van der Waals surface area contributed by atoms with E-state index in [9.17, 15) is 4.79 Å². The van der Waals surface area contributed by atoms with Gasteiger partial charge in [-0.15, -0.1) is 0 Å². The molecule has 0 aliphatic rings. The molecule has 0 unspecified atom stereocenters. The van der Waals surface area contributed by atoms with Crippen molar-refractivity contribution in [2.45, 2.75) is 13.8 Å². The van der Waals surface area contributed by atoms with Gasteiger partial charge in [0.25, 0.3) is 5.91 Å². The summed E-state index contributed by atoms with van der Waals surface area (Å²) in [5, 5.41) is 3.03. The Labute approximate surface area is 152 Å². The third-order valence-electron chi connectivity index (χ3n) is 4.58. The second kappa shape index (κ2) is 6.48. The highest BCUT2D eigenvalue weighted by atomic mass is 16.1. The molecule has 2 aromatic carbocycles. The Morgan fingerprint density at radius 2 is 1.77 bits per heavy atom. The summed E-state index contributed by atoms with van der Waals surface area (Å²) in [6.07, 6.45) is 3.93. The number of nitrogens with one attached hydrogen (secondary N) is 1. The number of benzene rings is 2. The number of pyridine rings is 1. The van der Waals surface area contributed by atoms with Crippen LogP contribution in [0.25, 0.3) is 16.9 Å². The standard InChI is InChI=1S/C22H19N3O/c1-15-10-11-17(13-16(15)2)22(26)24-19-8-4-3-7-18(19)20-14-25-12-6-5-9-21(25)23-20/h3-14H,1-2H3,(H,24,26). The number of carbonyl (C=O) groups excluding carboxylic acids is 1. The van der Waals surface area contributed by atoms with E-state index in [-0.39, 0.29) is 5.91 Å². The van der Waals surface area contributed by atoms with E-state index >= 15 is 0 Å². The lowest BCUT2D eigenvalue weighted by Gasteiger charge is -2.10. The first kappa shape index (κ1) is 16.1. The molecule has 0 saturated heterocycles. The maximum absolute atomic E-state index is 12.7. The predicted octanol–water partition coefficient (Wildman–Crippen LogP) is 4.87. The highest BCUT2D eigenvalue weighted by molar-refractivity contribution is 6.06. The number of fused-ring (bicyclic) bond motifs is 1. The van der Waals surface area contributed by atoms with Gasteiger partial charge in [-0.05, 0) is 55.3 Å². The molecule has 0 atom stereocenters. The first-order valence-corrected chi connectivity index (χ1v) is 8.53. The monoisotopic (exact) mass is 341 g/mol. The Morgan fingerprint density at radius 1 is 0.962 bits per heavy atom. The van der Waals surface area contributed by atoms with Crippen molar-refractivity contribution in [3.63, 3.8) is 0 Å². The molecule has 0 spiro atoms. The Bertz CT molecular complexity index is 1080. The zero-order valence-electron chi connectivity index (χ0n) is 14.7. The molecular formula is C22H19N3O. The van der Waals surface area contributed by atoms with E-state index in [0.717, 1.165) is 28.2 Å². The molecule has 4 heteroatoms. The number of aryl methyl sites for hydroxylation is 2. The number of amides is 1. The zero-order valence-corrected chi connectivity index (χ0v) is 14.7. The fourth-order valence-corrected chi connectivity index (χ4v) is 2.96. The van der Waals surface area contributed by atoms with Crippen LogP contribution < -0.4 is 5.32 Å². The van der Waals surface area contributed by atoms with Crippen molar-refractivity contribution < 1.29 is 4.79 Å². The molecule has 26 heavy (non-hydrogen) atoms. The highest BCUT2D eigenvalue weighted by Crippen LogP contribution is 2.28. The molecule has 1 amide bonds. The van der Waals surface area contributed by atoms with E-state index < -0.39 is 0 Å². The van der Waals surface area contributed by atoms with Crippen LogP contribution >= 0.6 is 0 Å². The third-order valence-corrected chi connectivity index (χ3v) is 4.58. The molecule has 2 aromatic heterocycles. The normalized spacial score (nSPS) is 10.8. The summed E-state index contributed by atoms with van der Waals surface area (Å²) in [7, 11) is 0. The van der Waals surface area contributed by atoms with Gasteiger partial charge in [0.2, 0.25) is 0 Å². The van der Waals surface area contributed by atoms with Gasteiger partial charge in [-0.25, -0.2) is 4.98 Å². The van der Waals surface area contributed by atoms with Gasteiger partial charge >= 0.3 is 0 Å². The molecule has 4 rings (SSSR count). The first-order chi connectivity index (χ1) is 12.6. The predicted molar refractivity (Wildman–Crippen MR) is 104 cm³/mol. The van der Waals surface area contributed by atoms with Crippen molar-refractivity contribution in [3.05, 3.63) is 89.7 Å². The second-order valence-corrected chi connectivity index (χ2v) is 6.39. The molecular weight excluding hydrogens is 322 g/mol. The summed E-state index contributed by atoms with van der Waals surface area (Å²) in [6.45, 7) is 4.05. The number of imidazole rings is 1. The largest absolute Gasteiger partial charge is 0.321 e. The van der Waals surface area contributed by atoms with E-state index in [1.54, 1.807) is 0 Å². The maximum Gasteiger partial charge on any atom is 0.255 e. The van der Waals surface area contributed by atoms with Crippen LogP contribution in [0.3, 0.4) is 0 Å². The van der Waals surface area contributed by atoms with Crippen molar-refractivity contribution in [2.24, 2.45) is 0 Å². The van der Waals surface area contributed by atoms with Crippen LogP contribution in [0, 0.1) is 13.8 Å². The van der Waals surface area contributed by atoms with Crippen LogP contribution in [0.4, 0.5) is 5.69 Å². The Balaban J connectivity index is 1.69. The van der Waals surface area contributed by atoms with E-state index in [0.29, 0.717) is 5.56 Å². The number of anilines is 1. The SMILES string of the molecule is Cc1ccc(C(=O)Nc2ccccc2-c2cn3ccccc3n2)cc1C. The van der Waals surface area contributed by atoms with Crippen molar-refractivity contribution >= 4 is 17.2 Å². The van der Waals surface area contributed by atoms with Crippen LogP contribution in [0.15, 0.2) is 73.1 Å². The van der Waals surface area contributed by atoms with Crippen molar-refractivity contribution in [1.82, 2.24) is 9.38 Å². The summed E-state index contributed by atoms with van der Waals surface area (Å²) >= 11 is 0. The van der Waals surface area contributed by atoms with Gasteiger partial charge in [0.1, 0.15) is 5.65 Å². The number of nitrogens with zero attached hydrogens (tertiary/aromatic N) is 2. The third kappa shape index (κ3) is 2.97. The molecule has 0 radical (unpaired) electrons. The lowest BCUT2D eigenvalue weighted by Crippen LogP contribution is -2.13. The molecule has 2 heterocycles. The second-order valence-electron chi connectivity index (χ2n) is 6.39. The van der Waals surface area contributed by atoms with Gasteiger partial charge in [0, 0.05) is 23.5 Å². The van der Waals surface area contributed by atoms with Crippen LogP contribution in [0.2, 0.25) is 0 Å². The Hall–Kier alpha value is -3.40. The van der Waals surface area contributed by atoms with Crippen LogP contribution in [0.1, 0.15) is 21.5 Å². The number of carbonyl (C=O) groups is 1. The summed E-state index contributed by atoms with van der Waals surface area (Å²) in [5.41, 5.74) is 6.27. The average Bonchev–Trinajstić information content (AvgIpc) is 3.08. The van der Waals surface area contributed by atoms with E-state index in [2.05, 4.69) is 10.3 Å². The average molecular weight is 341 g/mol. The van der Waals surface area contributed by atoms with Crippen LogP contribution in [0.5, 0.6) is 0 Å². The van der Waals surface area contributed by atoms with E-state index in [4.69, 9.17) is 0 Å². The minimum Gasteiger partial charge on any atom is -0.321 e. The quantitative estimate of drug-likeness (QED) is 0.578. The molecule has 0 saturated carbocycles. The van der Waals surface area contributed by atoms with E-state index in [1.165, 1.54) is 5.56 Å². The van der Waals surface area contributed by atoms with Crippen LogP contribution in [-0.4, -0.2) is 15.3 Å². The van der Waals surface area contributed by atoms with Crippen molar-refractivity contribution in [2.75, 3.05) is 5.32 Å². The molecule has 0 fully saturated rings. The lowest BCUT2D eigenvalue weighted by atomic mass is 10.1. The zero-order chi connectivity index (χ0) is 18.1. The number of para-hydroxylation sites is 1. The van der Waals surface area contributed by atoms with Crippen molar-refractivity contribution in [3.8, 4) is 11.3 Å². The molecule has 4 aromatic rings. The molecule has 0 aliphatic heterocycles. The lowest BCUT2D eigenvalue weighted by molar-refractivity contribution is 0.102. The number of hydrogen-bond donors (Lipinski definition) is 1. The summed E-state index contributed by atoms with van der Waals surface area (Å²) in [5.74, 6) is -0.121. The van der Waals surface area contributed by atoms with Gasteiger partial charge in [0.05, 0.1) is 11.4 Å². The summed E-state index contributed by atoms with van der Waals surface area (Å²) < 4.78 is 1.97. The molecule has 0 aliphatic carbocycles. The number of rotatable bonds is 3. The topological polar surface area (TPSA) is 46.4 Å². The molecule has 128 valence electrons. The minimum absolute atomic E-state index is 0.121. The van der Waals surface area contributed by atoms with Gasteiger partial charge in [-0.3, -0.25) is 4.79 Å². The Morgan fingerprint density at radius 3 is 2.58 bits per heavy atom. The summed E-state index contributed by atoms with van der Waals surface area (Å²) in [4.78, 5) is 17.4. The van der Waals surface area contributed by atoms with E-state index in [1.807, 2.05) is 91.3 Å². The maximum atomic E-state index is 12.7. The van der Waals surface area contributed by atoms with Crippen LogP contribution in [-0.2, 0) is 0 Å². The fourth-order valence-electron chi connectivity index (χ4n) is 2.96. The van der Waals surface area contributed by atoms with Gasteiger partial charge in [-0.1, -0.05) is 30.3 Å². The van der Waals surface area contributed by atoms with Gasteiger partial charge in [-0.2, -0.15) is 0 Å². The molecule has 4 nitrogen and oxygen atoms in total. The van der Waals surface area contributed by atoms with Crippen molar-refractivity contribution in [1.29, 1.82) is 0 Å². The Kier molecular flexibility index (Phi) is 4.01. The van der Waals surface area contributed by atoms with Gasteiger partial charge < -0.3 is 9.72 Å². The first-order valence-electron chi connectivity index (χ1n) is 8.53.